The van der Waals surface area contributed by atoms with E-state index in [-0.39, 0.29) is 30.5 Å². The van der Waals surface area contributed by atoms with Crippen molar-refractivity contribution in [1.82, 2.24) is 14.9 Å². The quantitative estimate of drug-likeness (QED) is 0.440. The summed E-state index contributed by atoms with van der Waals surface area (Å²) in [6.45, 7) is 1.10. The number of aromatic amines is 1. The van der Waals surface area contributed by atoms with Crippen molar-refractivity contribution in [2.24, 2.45) is 5.92 Å². The van der Waals surface area contributed by atoms with Crippen LogP contribution in [0.4, 0.5) is 11.5 Å². The van der Waals surface area contributed by atoms with Crippen LogP contribution in [0.2, 0.25) is 0 Å². The number of carbonyl (C=O) groups is 1. The molecule has 4 rings (SSSR count). The molecule has 0 bridgehead atoms. The Morgan fingerprint density at radius 2 is 1.60 bits per heavy atom. The number of nitrogens with two attached hydrogens (primary N) is 1. The molecule has 2 aromatic carbocycles. The number of H-pyrrole nitrogens is 1. The van der Waals surface area contributed by atoms with Gasteiger partial charge in [-0.3, -0.25) is 19.1 Å². The van der Waals surface area contributed by atoms with Gasteiger partial charge < -0.3 is 16.0 Å². The van der Waals surface area contributed by atoms with Crippen LogP contribution in [0.15, 0.2) is 70.3 Å². The number of hydrogen-bond donors (Lipinski definition) is 3. The van der Waals surface area contributed by atoms with Gasteiger partial charge in [0.1, 0.15) is 11.5 Å². The smallest absolute Gasteiger partial charge is 0.330 e. The molecule has 8 nitrogen and oxygen atoms in total. The van der Waals surface area contributed by atoms with Crippen molar-refractivity contribution in [2.75, 3.05) is 23.7 Å². The van der Waals surface area contributed by atoms with Crippen molar-refractivity contribution < 1.29 is 4.79 Å². The average Bonchev–Trinajstić information content (AvgIpc) is 2.87. The van der Waals surface area contributed by atoms with Crippen LogP contribution in [-0.4, -0.2) is 28.5 Å². The van der Waals surface area contributed by atoms with E-state index in [9.17, 15) is 14.4 Å². The van der Waals surface area contributed by atoms with Crippen LogP contribution in [0.5, 0.6) is 0 Å². The van der Waals surface area contributed by atoms with Crippen LogP contribution < -0.4 is 27.2 Å². The number of amides is 1. The van der Waals surface area contributed by atoms with Crippen LogP contribution in [0.25, 0.3) is 0 Å². The molecule has 0 saturated heterocycles. The molecule has 1 saturated carbocycles. The predicted octanol–water partition coefficient (Wildman–Crippen LogP) is 2.87. The summed E-state index contributed by atoms with van der Waals surface area (Å²) in [5, 5.41) is 3.04. The summed E-state index contributed by atoms with van der Waals surface area (Å²) < 4.78 is 1.34. The van der Waals surface area contributed by atoms with E-state index in [1.54, 1.807) is 4.90 Å². The second-order valence-corrected chi connectivity index (χ2v) is 9.21. The molecule has 0 spiro atoms. The predicted molar refractivity (Wildman–Crippen MR) is 138 cm³/mol. The van der Waals surface area contributed by atoms with Gasteiger partial charge >= 0.3 is 5.69 Å². The monoisotopic (exact) mass is 475 g/mol. The Labute approximate surface area is 204 Å². The Kier molecular flexibility index (Phi) is 8.03. The van der Waals surface area contributed by atoms with E-state index in [4.69, 9.17) is 5.73 Å². The topological polar surface area (TPSA) is 113 Å². The van der Waals surface area contributed by atoms with Crippen LogP contribution in [0.1, 0.15) is 43.2 Å². The zero-order valence-corrected chi connectivity index (χ0v) is 19.9. The zero-order chi connectivity index (χ0) is 24.6. The fourth-order valence-electron chi connectivity index (χ4n) is 4.70. The SMILES string of the molecule is Nc1c(N(CC(=O)NCC2CCCCC2)Cc2ccccc2)c(=O)[nH]c(=O)n1Cc1ccccc1. The molecule has 1 fully saturated rings. The number of carbonyl (C=O) groups excluding carboxylic acids is 1. The summed E-state index contributed by atoms with van der Waals surface area (Å²) in [6, 6.07) is 19.0. The molecule has 4 N–H and O–H groups in total. The highest BCUT2D eigenvalue weighted by Gasteiger charge is 2.22. The maximum atomic E-state index is 13.0. The molecule has 3 aromatic rings. The van der Waals surface area contributed by atoms with Gasteiger partial charge in [-0.05, 0) is 29.9 Å². The van der Waals surface area contributed by atoms with Gasteiger partial charge in [0.25, 0.3) is 5.56 Å². The number of rotatable bonds is 9. The van der Waals surface area contributed by atoms with Gasteiger partial charge in [-0.1, -0.05) is 79.9 Å². The first-order chi connectivity index (χ1) is 17.0. The first-order valence-corrected chi connectivity index (χ1v) is 12.2. The van der Waals surface area contributed by atoms with Crippen molar-refractivity contribution in [2.45, 2.75) is 45.2 Å². The van der Waals surface area contributed by atoms with E-state index in [2.05, 4.69) is 10.3 Å². The number of nitrogen functional groups attached to an aromatic ring is 1. The fraction of sp³-hybridized carbons (Fsp3) is 0.370. The lowest BCUT2D eigenvalue weighted by Crippen LogP contribution is -2.43. The number of hydrogen-bond acceptors (Lipinski definition) is 5. The number of aromatic nitrogens is 2. The minimum Gasteiger partial charge on any atom is -0.383 e. The Balaban J connectivity index is 1.61. The summed E-state index contributed by atoms with van der Waals surface area (Å²) >= 11 is 0. The summed E-state index contributed by atoms with van der Waals surface area (Å²) in [5.74, 6) is 0.362. The summed E-state index contributed by atoms with van der Waals surface area (Å²) in [7, 11) is 0. The molecular formula is C27H33N5O3. The number of benzene rings is 2. The van der Waals surface area contributed by atoms with Crippen molar-refractivity contribution in [3.8, 4) is 0 Å². The largest absolute Gasteiger partial charge is 0.383 e. The highest BCUT2D eigenvalue weighted by Crippen LogP contribution is 2.23. The van der Waals surface area contributed by atoms with E-state index in [0.717, 1.165) is 24.0 Å². The molecule has 1 aliphatic carbocycles. The minimum absolute atomic E-state index is 0.0404. The van der Waals surface area contributed by atoms with Gasteiger partial charge in [0.15, 0.2) is 0 Å². The molecule has 0 radical (unpaired) electrons. The van der Waals surface area contributed by atoms with E-state index in [1.807, 2.05) is 60.7 Å². The third-order valence-electron chi connectivity index (χ3n) is 6.58. The Morgan fingerprint density at radius 1 is 0.971 bits per heavy atom. The first kappa shape index (κ1) is 24.3. The van der Waals surface area contributed by atoms with Gasteiger partial charge in [0, 0.05) is 13.1 Å². The first-order valence-electron chi connectivity index (χ1n) is 12.2. The van der Waals surface area contributed by atoms with E-state index in [0.29, 0.717) is 19.0 Å². The molecule has 8 heteroatoms. The molecule has 1 heterocycles. The van der Waals surface area contributed by atoms with Crippen molar-refractivity contribution in [1.29, 1.82) is 0 Å². The lowest BCUT2D eigenvalue weighted by atomic mass is 9.89. The fourth-order valence-corrected chi connectivity index (χ4v) is 4.70. The number of anilines is 2. The standard InChI is InChI=1S/C27H33N5O3/c28-25-24(26(34)30-27(35)32(25)18-22-14-8-3-9-15-22)31(17-21-12-6-2-7-13-21)19-23(33)29-16-20-10-4-1-5-11-20/h2-3,6-9,12-15,20H,1,4-5,10-11,16-19,28H2,(H,29,33)(H,30,34,35). The third kappa shape index (κ3) is 6.41. The van der Waals surface area contributed by atoms with Gasteiger partial charge in [-0.15, -0.1) is 0 Å². The van der Waals surface area contributed by atoms with Crippen LogP contribution in [0, 0.1) is 5.92 Å². The molecule has 0 atom stereocenters. The average molecular weight is 476 g/mol. The zero-order valence-electron chi connectivity index (χ0n) is 19.9. The Bertz CT molecular complexity index is 1230. The van der Waals surface area contributed by atoms with Crippen LogP contribution >= 0.6 is 0 Å². The third-order valence-corrected chi connectivity index (χ3v) is 6.58. The van der Waals surface area contributed by atoms with Gasteiger partial charge in [-0.25, -0.2) is 4.79 Å². The Hall–Kier alpha value is -3.81. The van der Waals surface area contributed by atoms with Crippen LogP contribution in [0.3, 0.4) is 0 Å². The number of nitrogens with zero attached hydrogens (tertiary/aromatic N) is 2. The molecule has 1 amide bonds. The van der Waals surface area contributed by atoms with Crippen molar-refractivity contribution in [3.05, 3.63) is 92.6 Å². The van der Waals surface area contributed by atoms with E-state index in [1.165, 1.54) is 23.8 Å². The van der Waals surface area contributed by atoms with Gasteiger partial charge in [-0.2, -0.15) is 0 Å². The van der Waals surface area contributed by atoms with Gasteiger partial charge in [0.05, 0.1) is 13.1 Å². The van der Waals surface area contributed by atoms with E-state index >= 15 is 0 Å². The highest BCUT2D eigenvalue weighted by atomic mass is 16.2. The molecule has 1 aliphatic rings. The lowest BCUT2D eigenvalue weighted by Gasteiger charge is -2.27. The second kappa shape index (κ2) is 11.6. The maximum absolute atomic E-state index is 13.0. The summed E-state index contributed by atoms with van der Waals surface area (Å²) in [5.41, 5.74) is 7.16. The maximum Gasteiger partial charge on any atom is 0.330 e. The minimum atomic E-state index is -0.604. The molecule has 0 unspecified atom stereocenters. The molecular weight excluding hydrogens is 442 g/mol. The molecule has 184 valence electrons. The van der Waals surface area contributed by atoms with Crippen molar-refractivity contribution >= 4 is 17.4 Å². The number of nitrogens with one attached hydrogen (secondary N) is 2. The molecule has 1 aromatic heterocycles. The lowest BCUT2D eigenvalue weighted by molar-refractivity contribution is -0.120. The molecule has 0 aliphatic heterocycles. The van der Waals surface area contributed by atoms with Gasteiger partial charge in [0.2, 0.25) is 5.91 Å². The van der Waals surface area contributed by atoms with Crippen molar-refractivity contribution in [3.63, 3.8) is 0 Å². The summed E-state index contributed by atoms with van der Waals surface area (Å²) in [6.07, 6.45) is 5.93. The summed E-state index contributed by atoms with van der Waals surface area (Å²) in [4.78, 5) is 42.6. The second-order valence-electron chi connectivity index (χ2n) is 9.21. The van der Waals surface area contributed by atoms with E-state index < -0.39 is 11.2 Å². The Morgan fingerprint density at radius 3 is 2.26 bits per heavy atom. The molecule has 35 heavy (non-hydrogen) atoms. The highest BCUT2D eigenvalue weighted by molar-refractivity contribution is 5.82. The normalized spacial score (nSPS) is 13.9. The van der Waals surface area contributed by atoms with Crippen LogP contribution in [-0.2, 0) is 17.9 Å².